The molecule has 3 aromatic rings. The van der Waals surface area contributed by atoms with E-state index >= 15 is 0 Å². The van der Waals surface area contributed by atoms with Crippen LogP contribution in [0.4, 0.5) is 4.39 Å². The summed E-state index contributed by atoms with van der Waals surface area (Å²) in [5.74, 6) is 0.402. The van der Waals surface area contributed by atoms with Gasteiger partial charge in [0.05, 0.1) is 4.90 Å². The molecule has 0 fully saturated rings. The normalized spacial score (nSPS) is 17.7. The van der Waals surface area contributed by atoms with Crippen molar-refractivity contribution < 1.29 is 12.8 Å². The first-order chi connectivity index (χ1) is 12.5. The van der Waals surface area contributed by atoms with Gasteiger partial charge in [0.15, 0.2) is 0 Å². The first kappa shape index (κ1) is 16.5. The van der Waals surface area contributed by atoms with Crippen LogP contribution in [0.5, 0.6) is 0 Å². The van der Waals surface area contributed by atoms with E-state index in [1.54, 1.807) is 47.3 Å². The molecule has 2 aromatic carbocycles. The summed E-state index contributed by atoms with van der Waals surface area (Å²) in [6, 6.07) is 12.0. The molecule has 2 heterocycles. The van der Waals surface area contributed by atoms with Gasteiger partial charge in [0.1, 0.15) is 23.5 Å². The lowest BCUT2D eigenvalue weighted by atomic mass is 10.1. The standard InChI is InChI=1S/C18H15FN4O2S/c1-23-10-9-20-18(23)16(12-5-4-6-13(19)11-12)21-17-14-7-2-3-8-15(14)26(24,25)22-17/h2-11,16H,1H3,(H,21,22)/t16-/m0/s1. The van der Waals surface area contributed by atoms with Crippen LogP contribution in [-0.4, -0.2) is 23.8 Å². The third kappa shape index (κ3) is 2.78. The molecule has 26 heavy (non-hydrogen) atoms. The summed E-state index contributed by atoms with van der Waals surface area (Å²) in [6.07, 6.45) is 3.38. The maximum absolute atomic E-state index is 13.8. The zero-order valence-electron chi connectivity index (χ0n) is 13.8. The molecule has 8 heteroatoms. The summed E-state index contributed by atoms with van der Waals surface area (Å²) in [5, 5.41) is 0. The van der Waals surface area contributed by atoms with Crippen molar-refractivity contribution in [2.24, 2.45) is 12.0 Å². The van der Waals surface area contributed by atoms with Gasteiger partial charge in [0.25, 0.3) is 10.0 Å². The fourth-order valence-corrected chi connectivity index (χ4v) is 4.20. The van der Waals surface area contributed by atoms with Gasteiger partial charge in [-0.15, -0.1) is 0 Å². The average molecular weight is 370 g/mol. The van der Waals surface area contributed by atoms with Gasteiger partial charge in [-0.05, 0) is 29.8 Å². The lowest BCUT2D eigenvalue weighted by Gasteiger charge is -2.14. The summed E-state index contributed by atoms with van der Waals surface area (Å²) >= 11 is 0. The number of rotatable bonds is 3. The summed E-state index contributed by atoms with van der Waals surface area (Å²) < 4.78 is 42.6. The van der Waals surface area contributed by atoms with E-state index in [-0.39, 0.29) is 10.7 Å². The second-order valence-corrected chi connectivity index (χ2v) is 7.58. The number of benzene rings is 2. The van der Waals surface area contributed by atoms with Gasteiger partial charge < -0.3 is 4.57 Å². The highest BCUT2D eigenvalue weighted by molar-refractivity contribution is 7.90. The monoisotopic (exact) mass is 370 g/mol. The van der Waals surface area contributed by atoms with Crippen LogP contribution in [0.1, 0.15) is 23.0 Å². The molecule has 1 atom stereocenters. The summed E-state index contributed by atoms with van der Waals surface area (Å²) in [6.45, 7) is 0. The van der Waals surface area contributed by atoms with Crippen LogP contribution < -0.4 is 4.72 Å². The first-order valence-electron chi connectivity index (χ1n) is 7.88. The second-order valence-electron chi connectivity index (χ2n) is 5.93. The zero-order valence-corrected chi connectivity index (χ0v) is 14.6. The van der Waals surface area contributed by atoms with E-state index in [9.17, 15) is 12.8 Å². The number of hydrogen-bond donors (Lipinski definition) is 1. The summed E-state index contributed by atoms with van der Waals surface area (Å²) in [4.78, 5) is 9.09. The number of hydrogen-bond acceptors (Lipinski definition) is 4. The third-order valence-corrected chi connectivity index (χ3v) is 5.59. The minimum atomic E-state index is -3.65. The van der Waals surface area contributed by atoms with Gasteiger partial charge in [0.2, 0.25) is 0 Å². The average Bonchev–Trinajstić information content (AvgIpc) is 3.14. The number of imidazole rings is 1. The second kappa shape index (κ2) is 6.06. The van der Waals surface area contributed by atoms with Crippen molar-refractivity contribution in [1.29, 1.82) is 0 Å². The number of nitrogens with one attached hydrogen (secondary N) is 1. The molecule has 6 nitrogen and oxygen atoms in total. The molecule has 132 valence electrons. The van der Waals surface area contributed by atoms with Crippen LogP contribution in [0, 0.1) is 5.82 Å². The van der Waals surface area contributed by atoms with E-state index in [2.05, 4.69) is 14.7 Å². The molecule has 0 radical (unpaired) electrons. The van der Waals surface area contributed by atoms with Crippen molar-refractivity contribution in [3.8, 4) is 0 Å². The Morgan fingerprint density at radius 1 is 1.19 bits per heavy atom. The van der Waals surface area contributed by atoms with E-state index in [4.69, 9.17) is 0 Å². The number of nitrogens with zero attached hydrogens (tertiary/aromatic N) is 3. The highest BCUT2D eigenvalue weighted by atomic mass is 32.2. The van der Waals surface area contributed by atoms with E-state index in [1.165, 1.54) is 18.2 Å². The molecule has 4 rings (SSSR count). The Morgan fingerprint density at radius 2 is 2.00 bits per heavy atom. The Bertz CT molecular complexity index is 1120. The number of aromatic nitrogens is 2. The fourth-order valence-electron chi connectivity index (χ4n) is 2.96. The van der Waals surface area contributed by atoms with E-state index < -0.39 is 21.9 Å². The highest BCUT2D eigenvalue weighted by Gasteiger charge is 2.31. The number of sulfonamides is 1. The molecule has 0 saturated carbocycles. The molecule has 1 N–H and O–H groups in total. The Morgan fingerprint density at radius 3 is 2.73 bits per heavy atom. The topological polar surface area (TPSA) is 76.3 Å². The van der Waals surface area contributed by atoms with E-state index in [1.807, 2.05) is 7.05 Å². The molecule has 0 saturated heterocycles. The molecule has 0 spiro atoms. The molecule has 0 aliphatic carbocycles. The predicted octanol–water partition coefficient (Wildman–Crippen LogP) is 2.39. The van der Waals surface area contributed by atoms with Crippen molar-refractivity contribution >= 4 is 15.9 Å². The number of aliphatic imine (C=N–C) groups is 1. The Balaban J connectivity index is 1.89. The van der Waals surface area contributed by atoms with Crippen molar-refractivity contribution in [2.75, 3.05) is 0 Å². The van der Waals surface area contributed by atoms with Crippen LogP contribution in [0.15, 0.2) is 70.8 Å². The van der Waals surface area contributed by atoms with Crippen LogP contribution in [0.3, 0.4) is 0 Å². The Labute approximate surface area is 150 Å². The molecule has 1 aliphatic rings. The number of aryl methyl sites for hydroxylation is 1. The largest absolute Gasteiger partial charge is 0.336 e. The predicted molar refractivity (Wildman–Crippen MR) is 94.8 cm³/mol. The SMILES string of the molecule is Cn1ccnc1[C@@H](N=C1NS(=O)(=O)c2ccccc21)c1cccc(F)c1. The quantitative estimate of drug-likeness (QED) is 0.769. The summed E-state index contributed by atoms with van der Waals surface area (Å²) in [5.41, 5.74) is 1.07. The van der Waals surface area contributed by atoms with Crippen molar-refractivity contribution in [1.82, 2.24) is 14.3 Å². The van der Waals surface area contributed by atoms with Gasteiger partial charge in [-0.3, -0.25) is 9.71 Å². The van der Waals surface area contributed by atoms with Crippen LogP contribution >= 0.6 is 0 Å². The van der Waals surface area contributed by atoms with Gasteiger partial charge in [-0.1, -0.05) is 24.3 Å². The number of amidine groups is 1. The van der Waals surface area contributed by atoms with E-state index in [0.717, 1.165) is 0 Å². The van der Waals surface area contributed by atoms with Crippen LogP contribution in [0.2, 0.25) is 0 Å². The number of halogens is 1. The zero-order chi connectivity index (χ0) is 18.3. The molecule has 0 unspecified atom stereocenters. The Hall–Kier alpha value is -3.00. The van der Waals surface area contributed by atoms with Gasteiger partial charge in [-0.25, -0.2) is 17.8 Å². The Kier molecular flexibility index (Phi) is 3.84. The molecule has 0 bridgehead atoms. The van der Waals surface area contributed by atoms with Gasteiger partial charge in [0, 0.05) is 25.0 Å². The highest BCUT2D eigenvalue weighted by Crippen LogP contribution is 2.29. The maximum Gasteiger partial charge on any atom is 0.263 e. The molecule has 1 aliphatic heterocycles. The smallest absolute Gasteiger partial charge is 0.263 e. The van der Waals surface area contributed by atoms with Crippen molar-refractivity contribution in [2.45, 2.75) is 10.9 Å². The lowest BCUT2D eigenvalue weighted by Crippen LogP contribution is -2.23. The van der Waals surface area contributed by atoms with Crippen LogP contribution in [-0.2, 0) is 17.1 Å². The number of fused-ring (bicyclic) bond motifs is 1. The van der Waals surface area contributed by atoms with Crippen molar-refractivity contribution in [3.05, 3.63) is 83.7 Å². The van der Waals surface area contributed by atoms with Gasteiger partial charge >= 0.3 is 0 Å². The third-order valence-electron chi connectivity index (χ3n) is 4.19. The van der Waals surface area contributed by atoms with E-state index in [0.29, 0.717) is 17.0 Å². The maximum atomic E-state index is 13.8. The lowest BCUT2D eigenvalue weighted by molar-refractivity contribution is 0.594. The minimum Gasteiger partial charge on any atom is -0.336 e. The minimum absolute atomic E-state index is 0.177. The van der Waals surface area contributed by atoms with Crippen molar-refractivity contribution in [3.63, 3.8) is 0 Å². The molecular formula is C18H15FN4O2S. The fraction of sp³-hybridized carbons (Fsp3) is 0.111. The molecular weight excluding hydrogens is 355 g/mol. The van der Waals surface area contributed by atoms with Gasteiger partial charge in [-0.2, -0.15) is 0 Å². The van der Waals surface area contributed by atoms with Crippen LogP contribution in [0.25, 0.3) is 0 Å². The first-order valence-corrected chi connectivity index (χ1v) is 9.37. The summed E-state index contributed by atoms with van der Waals surface area (Å²) in [7, 11) is -1.84. The molecule has 0 amide bonds. The molecule has 1 aromatic heterocycles.